The molecule has 2 aliphatic rings. The second-order valence-electron chi connectivity index (χ2n) is 6.91. The monoisotopic (exact) mass is 361 g/mol. The van der Waals surface area contributed by atoms with Crippen molar-refractivity contribution in [2.45, 2.75) is 6.42 Å². The highest BCUT2D eigenvalue weighted by Crippen LogP contribution is 2.16. The summed E-state index contributed by atoms with van der Waals surface area (Å²) in [6, 6.07) is 1.86. The SMILES string of the molecule is CN=C(NCCN1CCN(c2ncccn2)CC1)N1CCC(COC)C1. The van der Waals surface area contributed by atoms with E-state index in [9.17, 15) is 0 Å². The number of aliphatic imine (C=N–C) groups is 1. The van der Waals surface area contributed by atoms with Crippen molar-refractivity contribution in [3.8, 4) is 0 Å². The largest absolute Gasteiger partial charge is 0.384 e. The van der Waals surface area contributed by atoms with Crippen LogP contribution in [0.1, 0.15) is 6.42 Å². The van der Waals surface area contributed by atoms with Gasteiger partial charge in [0.25, 0.3) is 0 Å². The van der Waals surface area contributed by atoms with Gasteiger partial charge in [-0.25, -0.2) is 9.97 Å². The van der Waals surface area contributed by atoms with Crippen molar-refractivity contribution in [3.05, 3.63) is 18.5 Å². The quantitative estimate of drug-likeness (QED) is 0.571. The van der Waals surface area contributed by atoms with Gasteiger partial charge in [-0.15, -0.1) is 0 Å². The van der Waals surface area contributed by atoms with Crippen LogP contribution in [0.4, 0.5) is 5.95 Å². The zero-order chi connectivity index (χ0) is 18.2. The lowest BCUT2D eigenvalue weighted by Crippen LogP contribution is -2.50. The van der Waals surface area contributed by atoms with Gasteiger partial charge < -0.3 is 19.9 Å². The van der Waals surface area contributed by atoms with Gasteiger partial charge in [-0.05, 0) is 12.5 Å². The van der Waals surface area contributed by atoms with E-state index in [2.05, 4.69) is 35.0 Å². The molecule has 1 unspecified atom stereocenters. The van der Waals surface area contributed by atoms with Gasteiger partial charge in [0.05, 0.1) is 6.61 Å². The summed E-state index contributed by atoms with van der Waals surface area (Å²) < 4.78 is 5.28. The number of methoxy groups -OCH3 is 1. The molecule has 8 heteroatoms. The highest BCUT2D eigenvalue weighted by atomic mass is 16.5. The van der Waals surface area contributed by atoms with Crippen molar-refractivity contribution in [2.24, 2.45) is 10.9 Å². The van der Waals surface area contributed by atoms with Crippen molar-refractivity contribution in [1.82, 2.24) is 25.1 Å². The zero-order valence-electron chi connectivity index (χ0n) is 16.0. The Kier molecular flexibility index (Phi) is 7.02. The van der Waals surface area contributed by atoms with E-state index in [0.717, 1.165) is 70.9 Å². The summed E-state index contributed by atoms with van der Waals surface area (Å²) in [5, 5.41) is 3.52. The van der Waals surface area contributed by atoms with Crippen LogP contribution in [0, 0.1) is 5.92 Å². The zero-order valence-corrected chi connectivity index (χ0v) is 16.0. The van der Waals surface area contributed by atoms with Gasteiger partial charge in [0.15, 0.2) is 5.96 Å². The predicted molar refractivity (Wildman–Crippen MR) is 104 cm³/mol. The number of guanidine groups is 1. The molecule has 2 fully saturated rings. The summed E-state index contributed by atoms with van der Waals surface area (Å²) >= 11 is 0. The molecule has 144 valence electrons. The van der Waals surface area contributed by atoms with Crippen LogP contribution in [0.25, 0.3) is 0 Å². The highest BCUT2D eigenvalue weighted by molar-refractivity contribution is 5.80. The lowest BCUT2D eigenvalue weighted by Gasteiger charge is -2.34. The summed E-state index contributed by atoms with van der Waals surface area (Å²) in [6.07, 6.45) is 4.79. The lowest BCUT2D eigenvalue weighted by molar-refractivity contribution is 0.157. The first-order chi connectivity index (χ1) is 12.8. The number of hydrogen-bond donors (Lipinski definition) is 1. The minimum absolute atomic E-state index is 0.617. The number of nitrogens with zero attached hydrogens (tertiary/aromatic N) is 6. The van der Waals surface area contributed by atoms with E-state index in [4.69, 9.17) is 4.74 Å². The number of ether oxygens (including phenoxy) is 1. The maximum absolute atomic E-state index is 5.28. The minimum atomic E-state index is 0.617. The average molecular weight is 361 g/mol. The summed E-state index contributed by atoms with van der Waals surface area (Å²) in [6.45, 7) is 8.90. The summed E-state index contributed by atoms with van der Waals surface area (Å²) in [7, 11) is 3.64. The Morgan fingerprint density at radius 3 is 2.69 bits per heavy atom. The van der Waals surface area contributed by atoms with Gasteiger partial charge in [0, 0.05) is 84.8 Å². The van der Waals surface area contributed by atoms with Crippen LogP contribution in [-0.2, 0) is 4.74 Å². The molecule has 0 radical (unpaired) electrons. The first-order valence-corrected chi connectivity index (χ1v) is 9.49. The standard InChI is InChI=1S/C18H31N7O/c1-19-17(25-8-4-16(14-25)15-26-2)22-7-9-23-10-12-24(13-11-23)18-20-5-3-6-21-18/h3,5-6,16H,4,7-15H2,1-2H3,(H,19,22). The molecule has 1 aromatic rings. The molecule has 3 heterocycles. The molecule has 1 N–H and O–H groups in total. The molecule has 26 heavy (non-hydrogen) atoms. The Labute approximate surface area is 156 Å². The van der Waals surface area contributed by atoms with Crippen LogP contribution in [0.5, 0.6) is 0 Å². The fourth-order valence-corrected chi connectivity index (χ4v) is 3.68. The van der Waals surface area contributed by atoms with Gasteiger partial charge >= 0.3 is 0 Å². The Hall–Kier alpha value is -1.93. The molecule has 8 nitrogen and oxygen atoms in total. The van der Waals surface area contributed by atoms with E-state index in [1.165, 1.54) is 6.42 Å². The van der Waals surface area contributed by atoms with Crippen LogP contribution in [0.15, 0.2) is 23.5 Å². The van der Waals surface area contributed by atoms with Gasteiger partial charge in [-0.1, -0.05) is 0 Å². The Morgan fingerprint density at radius 1 is 1.23 bits per heavy atom. The molecule has 0 aliphatic carbocycles. The topological polar surface area (TPSA) is 69.1 Å². The summed E-state index contributed by atoms with van der Waals surface area (Å²) in [5.74, 6) is 2.47. The van der Waals surface area contributed by atoms with Crippen LogP contribution >= 0.6 is 0 Å². The predicted octanol–water partition coefficient (Wildman–Crippen LogP) is 0.142. The Balaban J connectivity index is 1.36. The van der Waals surface area contributed by atoms with Crippen LogP contribution in [0.2, 0.25) is 0 Å². The molecule has 3 rings (SSSR count). The van der Waals surface area contributed by atoms with E-state index < -0.39 is 0 Å². The van der Waals surface area contributed by atoms with Crippen molar-refractivity contribution in [3.63, 3.8) is 0 Å². The second kappa shape index (κ2) is 9.68. The van der Waals surface area contributed by atoms with Gasteiger partial charge in [-0.2, -0.15) is 0 Å². The molecule has 2 aliphatic heterocycles. The number of aromatic nitrogens is 2. The minimum Gasteiger partial charge on any atom is -0.384 e. The second-order valence-corrected chi connectivity index (χ2v) is 6.91. The molecular weight excluding hydrogens is 330 g/mol. The smallest absolute Gasteiger partial charge is 0.225 e. The highest BCUT2D eigenvalue weighted by Gasteiger charge is 2.25. The van der Waals surface area contributed by atoms with Crippen molar-refractivity contribution >= 4 is 11.9 Å². The summed E-state index contributed by atoms with van der Waals surface area (Å²) in [5.41, 5.74) is 0. The molecule has 1 atom stereocenters. The van der Waals surface area contributed by atoms with E-state index in [1.807, 2.05) is 13.1 Å². The molecule has 0 spiro atoms. The normalized spacial score (nSPS) is 22.1. The van der Waals surface area contributed by atoms with Gasteiger partial charge in [0.1, 0.15) is 0 Å². The summed E-state index contributed by atoms with van der Waals surface area (Å²) in [4.78, 5) is 20.2. The van der Waals surface area contributed by atoms with Gasteiger partial charge in [0.2, 0.25) is 5.95 Å². The molecule has 0 amide bonds. The van der Waals surface area contributed by atoms with E-state index in [-0.39, 0.29) is 0 Å². The van der Waals surface area contributed by atoms with E-state index in [0.29, 0.717) is 5.92 Å². The lowest BCUT2D eigenvalue weighted by atomic mass is 10.1. The van der Waals surface area contributed by atoms with Crippen LogP contribution in [-0.4, -0.2) is 98.8 Å². The number of likely N-dealkylation sites (tertiary alicyclic amines) is 1. The number of rotatable bonds is 6. The van der Waals surface area contributed by atoms with Crippen LogP contribution in [0.3, 0.4) is 0 Å². The number of anilines is 1. The fourth-order valence-electron chi connectivity index (χ4n) is 3.68. The molecule has 0 bridgehead atoms. The van der Waals surface area contributed by atoms with E-state index in [1.54, 1.807) is 19.5 Å². The average Bonchev–Trinajstić information content (AvgIpc) is 3.15. The maximum Gasteiger partial charge on any atom is 0.225 e. The van der Waals surface area contributed by atoms with Crippen molar-refractivity contribution in [1.29, 1.82) is 0 Å². The van der Waals surface area contributed by atoms with Crippen molar-refractivity contribution in [2.75, 3.05) is 78.0 Å². The first kappa shape index (κ1) is 18.8. The Bertz CT molecular complexity index is 560. The molecule has 1 aromatic heterocycles. The third-order valence-corrected chi connectivity index (χ3v) is 5.12. The Morgan fingerprint density at radius 2 is 2.00 bits per heavy atom. The number of piperazine rings is 1. The third kappa shape index (κ3) is 5.04. The number of nitrogens with one attached hydrogen (secondary N) is 1. The first-order valence-electron chi connectivity index (χ1n) is 9.49. The maximum atomic E-state index is 5.28. The fraction of sp³-hybridized carbons (Fsp3) is 0.722. The third-order valence-electron chi connectivity index (χ3n) is 5.12. The molecular formula is C18H31N7O. The number of hydrogen-bond acceptors (Lipinski definition) is 6. The molecule has 0 saturated carbocycles. The van der Waals surface area contributed by atoms with Crippen LogP contribution < -0.4 is 10.2 Å². The van der Waals surface area contributed by atoms with E-state index >= 15 is 0 Å². The van der Waals surface area contributed by atoms with Crippen molar-refractivity contribution < 1.29 is 4.74 Å². The van der Waals surface area contributed by atoms with Gasteiger partial charge in [-0.3, -0.25) is 9.89 Å². The molecule has 2 saturated heterocycles. The molecule has 0 aromatic carbocycles.